The second kappa shape index (κ2) is 6.66. The summed E-state index contributed by atoms with van der Waals surface area (Å²) in [6.07, 6.45) is 0. The first-order valence-corrected chi connectivity index (χ1v) is 9.51. The number of hydrogen-bond donors (Lipinski definition) is 1. The van der Waals surface area contributed by atoms with Crippen LogP contribution in [0.5, 0.6) is 0 Å². The van der Waals surface area contributed by atoms with Gasteiger partial charge in [-0.1, -0.05) is 17.7 Å². The third kappa shape index (κ3) is 3.54. The lowest BCUT2D eigenvalue weighted by Gasteiger charge is -2.19. The molecule has 1 heterocycles. The Labute approximate surface area is 151 Å². The molecule has 26 heavy (non-hydrogen) atoms. The number of hydrogen-bond acceptors (Lipinski definition) is 3. The van der Waals surface area contributed by atoms with E-state index >= 15 is 0 Å². The van der Waals surface area contributed by atoms with Crippen LogP contribution in [0, 0.1) is 19.7 Å². The van der Waals surface area contributed by atoms with Crippen molar-refractivity contribution in [1.82, 2.24) is 9.78 Å². The zero-order valence-corrected chi connectivity index (χ0v) is 15.5. The molecule has 0 radical (unpaired) electrons. The molecule has 7 heteroatoms. The number of aromatic nitrogens is 2. The van der Waals surface area contributed by atoms with Gasteiger partial charge in [0.15, 0.2) is 0 Å². The smallest absolute Gasteiger partial charge is 0.282 e. The molecule has 1 N–H and O–H groups in total. The van der Waals surface area contributed by atoms with Crippen molar-refractivity contribution in [1.29, 1.82) is 0 Å². The van der Waals surface area contributed by atoms with Crippen LogP contribution in [0.1, 0.15) is 29.8 Å². The number of aryl methyl sites for hydroxylation is 2. The Hall–Kier alpha value is -2.51. The van der Waals surface area contributed by atoms with E-state index in [4.69, 9.17) is 0 Å². The molecule has 1 unspecified atom stereocenters. The normalized spacial score (nSPS) is 13.0. The second-order valence-corrected chi connectivity index (χ2v) is 7.70. The first-order valence-electron chi connectivity index (χ1n) is 8.07. The SMILES string of the molecule is Cc1ccc(S(=O)(=O)O)c(C(C)n2nc(C)cc2-c2ccc(F)cc2)c1. The van der Waals surface area contributed by atoms with E-state index in [9.17, 15) is 17.4 Å². The number of nitrogens with zero attached hydrogens (tertiary/aromatic N) is 2. The van der Waals surface area contributed by atoms with Gasteiger partial charge in [-0.05, 0) is 62.7 Å². The van der Waals surface area contributed by atoms with Crippen LogP contribution in [0.4, 0.5) is 4.39 Å². The Bertz CT molecular complexity index is 1060. The topological polar surface area (TPSA) is 72.2 Å². The average Bonchev–Trinajstić information content (AvgIpc) is 2.95. The van der Waals surface area contributed by atoms with Gasteiger partial charge in [-0.25, -0.2) is 4.39 Å². The van der Waals surface area contributed by atoms with Crippen LogP contribution in [0.2, 0.25) is 0 Å². The van der Waals surface area contributed by atoms with Gasteiger partial charge >= 0.3 is 0 Å². The molecule has 3 aromatic rings. The summed E-state index contributed by atoms with van der Waals surface area (Å²) in [5, 5.41) is 4.49. The largest absolute Gasteiger partial charge is 0.294 e. The van der Waals surface area contributed by atoms with Gasteiger partial charge in [0.2, 0.25) is 0 Å². The van der Waals surface area contributed by atoms with Gasteiger partial charge in [-0.2, -0.15) is 13.5 Å². The van der Waals surface area contributed by atoms with E-state index in [0.29, 0.717) is 5.56 Å². The zero-order valence-electron chi connectivity index (χ0n) is 14.6. The van der Waals surface area contributed by atoms with E-state index in [1.54, 1.807) is 28.9 Å². The van der Waals surface area contributed by atoms with Crippen molar-refractivity contribution >= 4 is 10.1 Å². The molecule has 0 saturated heterocycles. The van der Waals surface area contributed by atoms with E-state index in [0.717, 1.165) is 22.5 Å². The second-order valence-electron chi connectivity index (χ2n) is 6.31. The van der Waals surface area contributed by atoms with Crippen LogP contribution < -0.4 is 0 Å². The molecular formula is C19H19FN2O3S. The van der Waals surface area contributed by atoms with E-state index in [1.165, 1.54) is 18.2 Å². The quantitative estimate of drug-likeness (QED) is 0.696. The molecule has 2 aromatic carbocycles. The maximum absolute atomic E-state index is 13.2. The minimum atomic E-state index is -4.37. The number of halogens is 1. The molecule has 1 atom stereocenters. The maximum Gasteiger partial charge on any atom is 0.294 e. The van der Waals surface area contributed by atoms with Crippen molar-refractivity contribution in [3.8, 4) is 11.3 Å². The van der Waals surface area contributed by atoms with Crippen molar-refractivity contribution in [3.63, 3.8) is 0 Å². The molecule has 0 saturated carbocycles. The zero-order chi connectivity index (χ0) is 19.1. The minimum absolute atomic E-state index is 0.145. The first kappa shape index (κ1) is 18.3. The number of benzene rings is 2. The third-order valence-corrected chi connectivity index (χ3v) is 5.19. The summed E-state index contributed by atoms with van der Waals surface area (Å²) >= 11 is 0. The Balaban J connectivity index is 2.17. The van der Waals surface area contributed by atoms with E-state index in [-0.39, 0.29) is 10.7 Å². The predicted octanol–water partition coefficient (Wildman–Crippen LogP) is 4.16. The summed E-state index contributed by atoms with van der Waals surface area (Å²) < 4.78 is 48.1. The first-order chi connectivity index (χ1) is 12.2. The molecule has 5 nitrogen and oxygen atoms in total. The fourth-order valence-corrected chi connectivity index (χ4v) is 3.78. The van der Waals surface area contributed by atoms with Crippen LogP contribution in [0.15, 0.2) is 53.4 Å². The Morgan fingerprint density at radius 3 is 2.35 bits per heavy atom. The maximum atomic E-state index is 13.2. The highest BCUT2D eigenvalue weighted by Crippen LogP contribution is 2.31. The van der Waals surface area contributed by atoms with E-state index in [1.807, 2.05) is 26.8 Å². The van der Waals surface area contributed by atoms with Crippen molar-refractivity contribution in [2.24, 2.45) is 0 Å². The Morgan fingerprint density at radius 1 is 1.08 bits per heavy atom. The summed E-state index contributed by atoms with van der Waals surface area (Å²) in [5.41, 5.74) is 3.56. The predicted molar refractivity (Wildman–Crippen MR) is 97.2 cm³/mol. The van der Waals surface area contributed by atoms with Crippen molar-refractivity contribution in [3.05, 3.63) is 71.2 Å². The van der Waals surface area contributed by atoms with Gasteiger partial charge in [0.25, 0.3) is 10.1 Å². The van der Waals surface area contributed by atoms with Crippen LogP contribution in [0.25, 0.3) is 11.3 Å². The summed E-state index contributed by atoms with van der Waals surface area (Å²) in [6.45, 7) is 5.48. The van der Waals surface area contributed by atoms with Gasteiger partial charge in [0, 0.05) is 5.56 Å². The lowest BCUT2D eigenvalue weighted by atomic mass is 10.0. The lowest BCUT2D eigenvalue weighted by Crippen LogP contribution is -2.14. The summed E-state index contributed by atoms with van der Waals surface area (Å²) in [4.78, 5) is -0.145. The monoisotopic (exact) mass is 374 g/mol. The van der Waals surface area contributed by atoms with Gasteiger partial charge in [-0.3, -0.25) is 9.23 Å². The average molecular weight is 374 g/mol. The molecule has 0 aliphatic carbocycles. The summed E-state index contributed by atoms with van der Waals surface area (Å²) in [6, 6.07) is 12.2. The van der Waals surface area contributed by atoms with Crippen LogP contribution >= 0.6 is 0 Å². The van der Waals surface area contributed by atoms with Gasteiger partial charge < -0.3 is 0 Å². The van der Waals surface area contributed by atoms with Crippen LogP contribution in [-0.2, 0) is 10.1 Å². The third-order valence-electron chi connectivity index (χ3n) is 4.26. The fraction of sp³-hybridized carbons (Fsp3) is 0.211. The van der Waals surface area contributed by atoms with Crippen molar-refractivity contribution < 1.29 is 17.4 Å². The standard InChI is InChI=1S/C19H19FN2O3S/c1-12-4-9-19(26(23,24)25)17(10-12)14(3)22-18(11-13(2)21-22)15-5-7-16(20)8-6-15/h4-11,14H,1-3H3,(H,23,24,25). The Kier molecular flexibility index (Phi) is 4.68. The minimum Gasteiger partial charge on any atom is -0.282 e. The summed E-state index contributed by atoms with van der Waals surface area (Å²) in [7, 11) is -4.37. The van der Waals surface area contributed by atoms with E-state index in [2.05, 4.69) is 5.10 Å². The Morgan fingerprint density at radius 2 is 1.73 bits per heavy atom. The van der Waals surface area contributed by atoms with E-state index < -0.39 is 16.2 Å². The fourth-order valence-electron chi connectivity index (χ4n) is 3.01. The van der Waals surface area contributed by atoms with Gasteiger partial charge in [0.1, 0.15) is 5.82 Å². The highest BCUT2D eigenvalue weighted by atomic mass is 32.2. The molecule has 0 aliphatic heterocycles. The van der Waals surface area contributed by atoms with Crippen LogP contribution in [-0.4, -0.2) is 22.8 Å². The highest BCUT2D eigenvalue weighted by molar-refractivity contribution is 7.85. The molecule has 3 rings (SSSR count). The molecule has 0 spiro atoms. The lowest BCUT2D eigenvalue weighted by molar-refractivity contribution is 0.477. The van der Waals surface area contributed by atoms with Crippen molar-refractivity contribution in [2.75, 3.05) is 0 Å². The number of rotatable bonds is 4. The van der Waals surface area contributed by atoms with Crippen LogP contribution in [0.3, 0.4) is 0 Å². The molecule has 0 bridgehead atoms. The molecule has 0 amide bonds. The van der Waals surface area contributed by atoms with Gasteiger partial charge in [-0.15, -0.1) is 0 Å². The molecule has 0 fully saturated rings. The molecule has 0 aliphatic rings. The summed E-state index contributed by atoms with van der Waals surface area (Å²) in [5.74, 6) is -0.336. The molecule has 136 valence electrons. The molecule has 1 aromatic heterocycles. The van der Waals surface area contributed by atoms with Crippen molar-refractivity contribution in [2.45, 2.75) is 31.7 Å². The highest BCUT2D eigenvalue weighted by Gasteiger charge is 2.23. The molecular weight excluding hydrogens is 355 g/mol. The van der Waals surface area contributed by atoms with Gasteiger partial charge in [0.05, 0.1) is 22.3 Å².